The molecule has 1 aromatic rings. The average Bonchev–Trinajstić information content (AvgIpc) is 2.53. The fourth-order valence-electron chi connectivity index (χ4n) is 2.18. The molecule has 0 saturated carbocycles. The van der Waals surface area contributed by atoms with Gasteiger partial charge in [0.1, 0.15) is 6.20 Å². The van der Waals surface area contributed by atoms with Crippen molar-refractivity contribution in [3.8, 4) is 0 Å². The predicted octanol–water partition coefficient (Wildman–Crippen LogP) is 1.54. The van der Waals surface area contributed by atoms with Crippen molar-refractivity contribution in [2.45, 2.75) is 18.9 Å². The number of hydrogen-bond acceptors (Lipinski definition) is 6. The Morgan fingerprint density at radius 1 is 1.45 bits per heavy atom. The molecule has 0 aromatic carbocycles. The van der Waals surface area contributed by atoms with Crippen molar-refractivity contribution in [1.82, 2.24) is 15.2 Å². The van der Waals surface area contributed by atoms with Gasteiger partial charge in [-0.2, -0.15) is 0 Å². The lowest BCUT2D eigenvalue weighted by Gasteiger charge is -2.34. The molecule has 1 N–H and O–H groups in total. The van der Waals surface area contributed by atoms with E-state index >= 15 is 0 Å². The van der Waals surface area contributed by atoms with Gasteiger partial charge in [0.25, 0.3) is 5.69 Å². The van der Waals surface area contributed by atoms with Crippen molar-refractivity contribution < 1.29 is 9.72 Å². The minimum atomic E-state index is -0.495. The van der Waals surface area contributed by atoms with Crippen LogP contribution in [0.1, 0.15) is 13.8 Å². The monoisotopic (exact) mass is 324 g/mol. The lowest BCUT2D eigenvalue weighted by molar-refractivity contribution is -0.385. The van der Waals surface area contributed by atoms with Crippen LogP contribution in [0.25, 0.3) is 0 Å². The fraction of sp³-hybridized carbons (Fsp3) is 0.571. The zero-order valence-electron chi connectivity index (χ0n) is 12.7. The number of piperazine rings is 1. The first-order chi connectivity index (χ1) is 10.4. The molecule has 1 aromatic heterocycles. The highest BCUT2D eigenvalue weighted by Gasteiger charge is 2.32. The van der Waals surface area contributed by atoms with Gasteiger partial charge >= 0.3 is 0 Å². The molecule has 1 amide bonds. The van der Waals surface area contributed by atoms with Crippen LogP contribution in [0.2, 0.25) is 0 Å². The highest BCUT2D eigenvalue weighted by molar-refractivity contribution is 7.99. The molecule has 0 unspecified atom stereocenters. The summed E-state index contributed by atoms with van der Waals surface area (Å²) < 4.78 is 0. The fourth-order valence-corrected chi connectivity index (χ4v) is 3.10. The largest absolute Gasteiger partial charge is 0.340 e. The maximum atomic E-state index is 12.6. The number of carbonyl (C=O) groups is 1. The third-order valence-electron chi connectivity index (χ3n) is 3.50. The molecule has 2 heterocycles. The Balaban J connectivity index is 1.93. The lowest BCUT2D eigenvalue weighted by Crippen LogP contribution is -2.51. The Hall–Kier alpha value is -1.67. The minimum absolute atomic E-state index is 0.0273. The second kappa shape index (κ2) is 7.06. The molecule has 2 rings (SSSR count). The van der Waals surface area contributed by atoms with E-state index in [1.54, 1.807) is 6.07 Å². The van der Waals surface area contributed by atoms with Crippen LogP contribution in [-0.2, 0) is 4.79 Å². The highest BCUT2D eigenvalue weighted by atomic mass is 32.2. The van der Waals surface area contributed by atoms with Crippen molar-refractivity contribution in [3.63, 3.8) is 0 Å². The van der Waals surface area contributed by atoms with Crippen LogP contribution >= 0.6 is 11.8 Å². The summed E-state index contributed by atoms with van der Waals surface area (Å²) in [5.41, 5.74) is -0.522. The molecule has 7 nitrogen and oxygen atoms in total. The van der Waals surface area contributed by atoms with Crippen LogP contribution in [0, 0.1) is 15.5 Å². The van der Waals surface area contributed by atoms with E-state index in [4.69, 9.17) is 0 Å². The van der Waals surface area contributed by atoms with E-state index < -0.39 is 10.3 Å². The summed E-state index contributed by atoms with van der Waals surface area (Å²) in [7, 11) is 0. The molecule has 1 saturated heterocycles. The molecule has 1 aliphatic heterocycles. The first kappa shape index (κ1) is 16.7. The molecule has 0 bridgehead atoms. The summed E-state index contributed by atoms with van der Waals surface area (Å²) in [6.07, 6.45) is 1.24. The number of carbonyl (C=O) groups excluding carboxylic acids is 1. The van der Waals surface area contributed by atoms with Crippen molar-refractivity contribution in [2.24, 2.45) is 5.41 Å². The molecule has 0 spiro atoms. The number of thioether (sulfide) groups is 1. The Labute approximate surface area is 133 Å². The van der Waals surface area contributed by atoms with Gasteiger partial charge in [0.15, 0.2) is 0 Å². The number of nitro groups is 1. The molecule has 8 heteroatoms. The number of nitrogens with one attached hydrogen (secondary N) is 1. The summed E-state index contributed by atoms with van der Waals surface area (Å²) in [6.45, 7) is 6.99. The zero-order valence-corrected chi connectivity index (χ0v) is 13.6. The summed E-state index contributed by atoms with van der Waals surface area (Å²) in [6, 6.07) is 3.05. The van der Waals surface area contributed by atoms with Crippen molar-refractivity contribution in [1.29, 1.82) is 0 Å². The molecular formula is C14H20N4O3S. The molecule has 1 fully saturated rings. The van der Waals surface area contributed by atoms with Crippen LogP contribution in [-0.4, -0.2) is 52.6 Å². The van der Waals surface area contributed by atoms with Crippen LogP contribution in [0.4, 0.5) is 5.69 Å². The van der Waals surface area contributed by atoms with E-state index in [1.165, 1.54) is 24.0 Å². The highest BCUT2D eigenvalue weighted by Crippen LogP contribution is 2.29. The number of amides is 1. The quantitative estimate of drug-likeness (QED) is 0.502. The van der Waals surface area contributed by atoms with Gasteiger partial charge in [0.2, 0.25) is 5.91 Å². The molecule has 0 radical (unpaired) electrons. The van der Waals surface area contributed by atoms with Crippen molar-refractivity contribution in [3.05, 3.63) is 28.4 Å². The predicted molar refractivity (Wildman–Crippen MR) is 84.8 cm³/mol. The molecule has 22 heavy (non-hydrogen) atoms. The Morgan fingerprint density at radius 2 is 2.14 bits per heavy atom. The van der Waals surface area contributed by atoms with Gasteiger partial charge in [0.05, 0.1) is 15.4 Å². The van der Waals surface area contributed by atoms with Crippen LogP contribution in [0.15, 0.2) is 23.4 Å². The van der Waals surface area contributed by atoms with E-state index in [0.717, 1.165) is 26.2 Å². The second-order valence-corrected chi connectivity index (χ2v) is 6.82. The standard InChI is InChI=1S/C14H20N4O3S/c1-14(2,13(19)17-7-5-15-6-8-17)10-22-12-4-3-11(9-16-12)18(20)21/h3-4,9,15H,5-8,10H2,1-2H3. The van der Waals surface area contributed by atoms with E-state index in [9.17, 15) is 14.9 Å². The topological polar surface area (TPSA) is 88.4 Å². The first-order valence-corrected chi connectivity index (χ1v) is 8.12. The summed E-state index contributed by atoms with van der Waals surface area (Å²) in [5, 5.41) is 14.5. The second-order valence-electron chi connectivity index (χ2n) is 5.83. The van der Waals surface area contributed by atoms with Gasteiger partial charge in [-0.05, 0) is 6.07 Å². The molecule has 120 valence electrons. The average molecular weight is 324 g/mol. The molecule has 1 aliphatic rings. The van der Waals surface area contributed by atoms with E-state index in [0.29, 0.717) is 10.8 Å². The molecule has 0 aliphatic carbocycles. The number of rotatable bonds is 5. The first-order valence-electron chi connectivity index (χ1n) is 7.13. The molecule has 0 atom stereocenters. The van der Waals surface area contributed by atoms with Gasteiger partial charge in [-0.1, -0.05) is 13.8 Å². The number of pyridine rings is 1. The van der Waals surface area contributed by atoms with Crippen LogP contribution < -0.4 is 5.32 Å². The zero-order chi connectivity index (χ0) is 16.2. The lowest BCUT2D eigenvalue weighted by atomic mass is 9.94. The van der Waals surface area contributed by atoms with Crippen LogP contribution in [0.5, 0.6) is 0 Å². The summed E-state index contributed by atoms with van der Waals surface area (Å²) in [4.78, 5) is 28.6. The summed E-state index contributed by atoms with van der Waals surface area (Å²) >= 11 is 1.44. The number of aromatic nitrogens is 1. The van der Waals surface area contributed by atoms with Crippen molar-refractivity contribution in [2.75, 3.05) is 31.9 Å². The normalized spacial score (nSPS) is 15.6. The van der Waals surface area contributed by atoms with Gasteiger partial charge in [-0.15, -0.1) is 11.8 Å². The third kappa shape index (κ3) is 4.17. The molecular weight excluding hydrogens is 304 g/mol. The number of hydrogen-bond donors (Lipinski definition) is 1. The Morgan fingerprint density at radius 3 is 2.68 bits per heavy atom. The summed E-state index contributed by atoms with van der Waals surface area (Å²) in [5.74, 6) is 0.726. The Bertz CT molecular complexity index is 542. The number of nitrogens with zero attached hydrogens (tertiary/aromatic N) is 3. The SMILES string of the molecule is CC(C)(CSc1ccc([N+](=O)[O-])cn1)C(=O)N1CCNCC1. The third-order valence-corrected chi connectivity index (χ3v) is 4.90. The van der Waals surface area contributed by atoms with E-state index in [2.05, 4.69) is 10.3 Å². The Kier molecular flexibility index (Phi) is 5.36. The maximum absolute atomic E-state index is 12.6. The smallest absolute Gasteiger partial charge is 0.287 e. The van der Waals surface area contributed by atoms with E-state index in [1.807, 2.05) is 18.7 Å². The van der Waals surface area contributed by atoms with Crippen molar-refractivity contribution >= 4 is 23.4 Å². The maximum Gasteiger partial charge on any atom is 0.287 e. The van der Waals surface area contributed by atoms with Crippen LogP contribution in [0.3, 0.4) is 0 Å². The van der Waals surface area contributed by atoms with Gasteiger partial charge in [-0.25, -0.2) is 4.98 Å². The van der Waals surface area contributed by atoms with E-state index in [-0.39, 0.29) is 11.6 Å². The van der Waals surface area contributed by atoms with Gasteiger partial charge < -0.3 is 10.2 Å². The van der Waals surface area contributed by atoms with Gasteiger partial charge in [0, 0.05) is 38.0 Å². The minimum Gasteiger partial charge on any atom is -0.340 e. The van der Waals surface area contributed by atoms with Gasteiger partial charge in [-0.3, -0.25) is 14.9 Å².